The van der Waals surface area contributed by atoms with Gasteiger partial charge in [0.05, 0.1) is 6.20 Å². The van der Waals surface area contributed by atoms with Crippen LogP contribution in [0.4, 0.5) is 10.6 Å². The molecule has 2 aliphatic heterocycles. The Morgan fingerprint density at radius 2 is 2.13 bits per heavy atom. The summed E-state index contributed by atoms with van der Waals surface area (Å²) in [7, 11) is 0. The zero-order chi connectivity index (χ0) is 22.2. The van der Waals surface area contributed by atoms with Crippen molar-refractivity contribution in [2.24, 2.45) is 0 Å². The molecule has 2 aliphatic rings. The molecule has 0 radical (unpaired) electrons. The van der Waals surface area contributed by atoms with Crippen molar-refractivity contribution in [1.29, 1.82) is 0 Å². The highest BCUT2D eigenvalue weighted by molar-refractivity contribution is 14.1. The maximum absolute atomic E-state index is 12.1. The van der Waals surface area contributed by atoms with Crippen LogP contribution in [0.25, 0.3) is 11.2 Å². The number of carbonyl (C=O) groups excluding carboxylic acids is 1. The number of hydrogen-bond acceptors (Lipinski definition) is 7. The van der Waals surface area contributed by atoms with Gasteiger partial charge in [0.15, 0.2) is 15.6 Å². The van der Waals surface area contributed by atoms with E-state index in [4.69, 9.17) is 14.5 Å². The van der Waals surface area contributed by atoms with Crippen LogP contribution in [0, 0.1) is 3.70 Å². The zero-order valence-corrected chi connectivity index (χ0v) is 20.8. The summed E-state index contributed by atoms with van der Waals surface area (Å²) < 4.78 is 14.1. The molecule has 3 atom stereocenters. The molecule has 0 bridgehead atoms. The van der Waals surface area contributed by atoms with Crippen molar-refractivity contribution < 1.29 is 14.3 Å². The first-order chi connectivity index (χ1) is 14.7. The first-order valence-electron chi connectivity index (χ1n) is 11.0. The number of alkyl carbamates (subject to hydrolysis) is 1. The fourth-order valence-electron chi connectivity index (χ4n) is 4.24. The number of hydrogen-bond donors (Lipinski definition) is 1. The van der Waals surface area contributed by atoms with Crippen molar-refractivity contribution in [3.63, 3.8) is 0 Å². The smallest absolute Gasteiger partial charge is 0.407 e. The molecule has 1 amide bonds. The summed E-state index contributed by atoms with van der Waals surface area (Å²) in [4.78, 5) is 24.0. The molecule has 3 unspecified atom stereocenters. The number of anilines is 1. The minimum Gasteiger partial charge on any atom is -0.444 e. The molecule has 0 aliphatic carbocycles. The number of nitrogens with one attached hydrogen (secondary N) is 1. The number of ether oxygens (including phenoxy) is 2. The summed E-state index contributed by atoms with van der Waals surface area (Å²) in [6.07, 6.45) is 6.20. The van der Waals surface area contributed by atoms with Crippen molar-refractivity contribution >= 4 is 45.7 Å². The molecule has 31 heavy (non-hydrogen) atoms. The Morgan fingerprint density at radius 3 is 2.81 bits per heavy atom. The van der Waals surface area contributed by atoms with Gasteiger partial charge in [-0.05, 0) is 82.4 Å². The minimum absolute atomic E-state index is 0.0782. The summed E-state index contributed by atoms with van der Waals surface area (Å²) in [6.45, 7) is 9.31. The van der Waals surface area contributed by atoms with Crippen LogP contribution in [-0.4, -0.2) is 56.7 Å². The van der Waals surface area contributed by atoms with Crippen molar-refractivity contribution in [3.8, 4) is 0 Å². The first kappa shape index (κ1) is 22.5. The number of fused-ring (bicyclic) bond motifs is 1. The van der Waals surface area contributed by atoms with E-state index in [2.05, 4.69) is 49.8 Å². The number of amides is 1. The number of halogens is 1. The summed E-state index contributed by atoms with van der Waals surface area (Å²) in [6, 6.07) is 0.293. The lowest BCUT2D eigenvalue weighted by Crippen LogP contribution is -2.50. The SMILES string of the molecule is CC1CC(NC(=O)OC(C)(C)C)CCN1c1cnc2c(I)nn(C3CCCCO3)c2n1. The molecule has 2 aromatic heterocycles. The van der Waals surface area contributed by atoms with Gasteiger partial charge >= 0.3 is 6.09 Å². The van der Waals surface area contributed by atoms with Crippen molar-refractivity contribution in [3.05, 3.63) is 9.90 Å². The average Bonchev–Trinajstić information content (AvgIpc) is 3.03. The van der Waals surface area contributed by atoms with Gasteiger partial charge in [0.25, 0.3) is 0 Å². The van der Waals surface area contributed by atoms with Gasteiger partial charge in [0.1, 0.15) is 16.9 Å². The summed E-state index contributed by atoms with van der Waals surface area (Å²) in [5.41, 5.74) is 1.09. The fourth-order valence-corrected chi connectivity index (χ4v) is 4.85. The molecule has 2 saturated heterocycles. The Kier molecular flexibility index (Phi) is 6.57. The van der Waals surface area contributed by atoms with E-state index in [9.17, 15) is 4.79 Å². The predicted molar refractivity (Wildman–Crippen MR) is 126 cm³/mol. The fraction of sp³-hybridized carbons (Fsp3) is 0.714. The van der Waals surface area contributed by atoms with Gasteiger partial charge in [-0.3, -0.25) is 0 Å². The molecule has 0 saturated carbocycles. The van der Waals surface area contributed by atoms with Crippen molar-refractivity contribution in [2.45, 2.75) is 83.7 Å². The third kappa shape index (κ3) is 5.21. The third-order valence-electron chi connectivity index (χ3n) is 5.67. The van der Waals surface area contributed by atoms with E-state index in [-0.39, 0.29) is 24.4 Å². The largest absolute Gasteiger partial charge is 0.444 e. The van der Waals surface area contributed by atoms with Crippen LogP contribution in [0.15, 0.2) is 6.20 Å². The molecule has 0 aromatic carbocycles. The molecule has 0 spiro atoms. The van der Waals surface area contributed by atoms with E-state index >= 15 is 0 Å². The first-order valence-corrected chi connectivity index (χ1v) is 12.1. The van der Waals surface area contributed by atoms with Crippen LogP contribution in [0.5, 0.6) is 0 Å². The zero-order valence-electron chi connectivity index (χ0n) is 18.6. The normalized spacial score (nSPS) is 24.9. The Morgan fingerprint density at radius 1 is 1.32 bits per heavy atom. The molecule has 1 N–H and O–H groups in total. The Balaban J connectivity index is 1.48. The number of aromatic nitrogens is 4. The summed E-state index contributed by atoms with van der Waals surface area (Å²) >= 11 is 2.21. The third-order valence-corrected chi connectivity index (χ3v) is 6.40. The van der Waals surface area contributed by atoms with Gasteiger partial charge in [-0.2, -0.15) is 5.10 Å². The van der Waals surface area contributed by atoms with Crippen LogP contribution in [0.2, 0.25) is 0 Å². The van der Waals surface area contributed by atoms with E-state index in [0.717, 1.165) is 65.9 Å². The van der Waals surface area contributed by atoms with Gasteiger partial charge in [-0.15, -0.1) is 0 Å². The van der Waals surface area contributed by atoms with Crippen LogP contribution in [-0.2, 0) is 9.47 Å². The minimum atomic E-state index is -0.496. The summed E-state index contributed by atoms with van der Waals surface area (Å²) in [5.74, 6) is 0.837. The highest BCUT2D eigenvalue weighted by Gasteiger charge is 2.30. The molecule has 4 heterocycles. The van der Waals surface area contributed by atoms with Crippen molar-refractivity contribution in [2.75, 3.05) is 18.1 Å². The monoisotopic (exact) mass is 542 g/mol. The molecule has 10 heteroatoms. The average molecular weight is 542 g/mol. The number of carbonyl (C=O) groups is 1. The molecule has 4 rings (SSSR count). The van der Waals surface area contributed by atoms with Gasteiger partial charge in [0.2, 0.25) is 0 Å². The molecule has 9 nitrogen and oxygen atoms in total. The standard InChI is InChI=1S/C21H31IN6O3/c1-13-11-14(24-20(29)31-21(2,3)4)8-9-27(13)15-12-23-17-18(22)26-28(19(17)25-15)16-7-5-6-10-30-16/h12-14,16H,5-11H2,1-4H3,(H,24,29). The predicted octanol–water partition coefficient (Wildman–Crippen LogP) is 4.01. The quantitative estimate of drug-likeness (QED) is 0.586. The lowest BCUT2D eigenvalue weighted by atomic mass is 9.98. The topological polar surface area (TPSA) is 94.4 Å². The maximum Gasteiger partial charge on any atom is 0.407 e. The second-order valence-corrected chi connectivity index (χ2v) is 10.4. The molecule has 2 fully saturated rings. The van der Waals surface area contributed by atoms with Gasteiger partial charge < -0.3 is 19.7 Å². The van der Waals surface area contributed by atoms with E-state index < -0.39 is 5.60 Å². The highest BCUT2D eigenvalue weighted by atomic mass is 127. The van der Waals surface area contributed by atoms with E-state index in [1.165, 1.54) is 0 Å². The molecule has 2 aromatic rings. The maximum atomic E-state index is 12.1. The van der Waals surface area contributed by atoms with Crippen LogP contribution < -0.4 is 10.2 Å². The highest BCUT2D eigenvalue weighted by Crippen LogP contribution is 2.30. The van der Waals surface area contributed by atoms with Crippen LogP contribution >= 0.6 is 22.6 Å². The van der Waals surface area contributed by atoms with E-state index in [1.54, 1.807) is 0 Å². The van der Waals surface area contributed by atoms with Gasteiger partial charge in [-0.25, -0.2) is 19.4 Å². The second-order valence-electron chi connectivity index (χ2n) is 9.37. The molecular formula is C21H31IN6O3. The van der Waals surface area contributed by atoms with Crippen LogP contribution in [0.1, 0.15) is 66.0 Å². The van der Waals surface area contributed by atoms with Crippen LogP contribution in [0.3, 0.4) is 0 Å². The number of piperidine rings is 1. The van der Waals surface area contributed by atoms with E-state index in [0.29, 0.717) is 0 Å². The van der Waals surface area contributed by atoms with E-state index in [1.807, 2.05) is 31.6 Å². The Bertz CT molecular complexity index is 937. The lowest BCUT2D eigenvalue weighted by molar-refractivity contribution is -0.0372. The Hall–Kier alpha value is -1.69. The number of rotatable bonds is 3. The number of nitrogens with zero attached hydrogens (tertiary/aromatic N) is 5. The lowest BCUT2D eigenvalue weighted by Gasteiger charge is -2.38. The molecular weight excluding hydrogens is 511 g/mol. The van der Waals surface area contributed by atoms with Crippen molar-refractivity contribution in [1.82, 2.24) is 25.1 Å². The van der Waals surface area contributed by atoms with Gasteiger partial charge in [-0.1, -0.05) is 0 Å². The van der Waals surface area contributed by atoms with Gasteiger partial charge in [0, 0.05) is 25.2 Å². The molecule has 170 valence electrons. The summed E-state index contributed by atoms with van der Waals surface area (Å²) in [5, 5.41) is 7.67. The Labute approximate surface area is 196 Å². The second kappa shape index (κ2) is 9.05.